The molecule has 1 rings (SSSR count). The number of ether oxygens (including phenoxy) is 2. The van der Waals surface area contributed by atoms with Gasteiger partial charge < -0.3 is 40.3 Å². The summed E-state index contributed by atoms with van der Waals surface area (Å²) in [7, 11) is 0. The fraction of sp³-hybridized carbons (Fsp3) is 0.767. The van der Waals surface area contributed by atoms with E-state index in [1.165, 1.54) is 173 Å². The molecule has 7 atom stereocenters. The van der Waals surface area contributed by atoms with E-state index in [4.69, 9.17) is 9.47 Å². The van der Waals surface area contributed by atoms with E-state index in [2.05, 4.69) is 116 Å². The van der Waals surface area contributed by atoms with Gasteiger partial charge in [0.2, 0.25) is 5.91 Å². The molecule has 0 aromatic carbocycles. The molecule has 0 spiro atoms. The van der Waals surface area contributed by atoms with Gasteiger partial charge in [-0.15, -0.1) is 0 Å². The van der Waals surface area contributed by atoms with Crippen molar-refractivity contribution in [2.24, 2.45) is 0 Å². The van der Waals surface area contributed by atoms with E-state index in [1.54, 1.807) is 0 Å². The summed E-state index contributed by atoms with van der Waals surface area (Å²) in [4.78, 5) is 13.1. The number of hydrogen-bond donors (Lipinski definition) is 6. The van der Waals surface area contributed by atoms with Crippen LogP contribution in [-0.4, -0.2) is 87.5 Å². The Labute approximate surface area is 504 Å². The molecule has 1 amide bonds. The molecule has 0 saturated carbocycles. The molecule has 1 aliphatic rings. The average Bonchev–Trinajstić information content (AvgIpc) is 3.57. The van der Waals surface area contributed by atoms with Gasteiger partial charge in [0.25, 0.3) is 0 Å². The van der Waals surface area contributed by atoms with Crippen LogP contribution in [0.5, 0.6) is 0 Å². The number of aliphatic hydroxyl groups is 5. The molecule has 0 aliphatic carbocycles. The third-order valence-electron chi connectivity index (χ3n) is 16.0. The van der Waals surface area contributed by atoms with Crippen LogP contribution in [-0.2, 0) is 14.3 Å². The molecular weight excluding hydrogens is 1020 g/mol. The first-order valence-electron chi connectivity index (χ1n) is 34.4. The monoisotopic (exact) mass is 1150 g/mol. The summed E-state index contributed by atoms with van der Waals surface area (Å²) in [6.45, 7) is 3.75. The first kappa shape index (κ1) is 77.1. The van der Waals surface area contributed by atoms with Gasteiger partial charge in [-0.05, 0) is 77.0 Å². The lowest BCUT2D eigenvalue weighted by Gasteiger charge is -2.40. The van der Waals surface area contributed by atoms with E-state index in [0.29, 0.717) is 12.8 Å². The van der Waals surface area contributed by atoms with Crippen molar-refractivity contribution in [3.63, 3.8) is 0 Å². The van der Waals surface area contributed by atoms with Crippen molar-refractivity contribution in [2.75, 3.05) is 13.2 Å². The largest absolute Gasteiger partial charge is 0.394 e. The first-order valence-corrected chi connectivity index (χ1v) is 34.4. The van der Waals surface area contributed by atoms with Gasteiger partial charge >= 0.3 is 0 Å². The highest BCUT2D eigenvalue weighted by molar-refractivity contribution is 5.76. The Morgan fingerprint density at radius 1 is 0.427 bits per heavy atom. The summed E-state index contributed by atoms with van der Waals surface area (Å²) in [5.74, 6) is -0.153. The Kier molecular flexibility index (Phi) is 57.6. The normalized spacial score (nSPS) is 18.9. The van der Waals surface area contributed by atoms with Crippen molar-refractivity contribution in [1.29, 1.82) is 0 Å². The van der Waals surface area contributed by atoms with E-state index in [9.17, 15) is 30.3 Å². The molecule has 1 aliphatic heterocycles. The Hall–Kier alpha value is -2.89. The minimum Gasteiger partial charge on any atom is -0.394 e. The number of carbonyl (C=O) groups is 1. The topological polar surface area (TPSA) is 149 Å². The summed E-state index contributed by atoms with van der Waals surface area (Å²) in [5.41, 5.74) is 0. The highest BCUT2D eigenvalue weighted by atomic mass is 16.7. The van der Waals surface area contributed by atoms with Crippen LogP contribution < -0.4 is 5.32 Å². The maximum Gasteiger partial charge on any atom is 0.220 e. The minimum absolute atomic E-state index is 0.145. The van der Waals surface area contributed by atoms with Crippen LogP contribution in [0.3, 0.4) is 0 Å². The standard InChI is InChI=1S/C73H129NO8/c1-3-5-7-9-11-13-15-17-19-21-23-25-27-29-31-32-33-34-35-36-37-39-41-43-45-47-49-51-53-55-57-59-61-63-69(77)74-66(65-81-73-72(80)71(79)70(78)68(64-75)82-73)67(76)62-60-58-56-54-52-50-48-46-44-42-40-38-30-28-26-24-22-20-18-16-14-12-10-8-6-4-2/h5,7,11,13,17,19,23,25,29,31,33-34,36-37,41,43,66-68,70-73,75-76,78-80H,3-4,6,8-10,12,14-16,18,20-22,24,26-28,30,32,35,38-40,42,44-65H2,1-2H3,(H,74,77)/b7-5-,13-11-,19-17-,25-23-,31-29-,34-33-,37-36-,43-41-. The molecule has 9 nitrogen and oxygen atoms in total. The zero-order valence-electron chi connectivity index (χ0n) is 53.0. The number of carbonyl (C=O) groups excluding carboxylic acids is 1. The van der Waals surface area contributed by atoms with Gasteiger partial charge in [-0.2, -0.15) is 0 Å². The van der Waals surface area contributed by atoms with Crippen molar-refractivity contribution in [3.05, 3.63) is 97.2 Å². The molecule has 1 saturated heterocycles. The predicted molar refractivity (Wildman–Crippen MR) is 350 cm³/mol. The van der Waals surface area contributed by atoms with Crippen LogP contribution in [0.2, 0.25) is 0 Å². The minimum atomic E-state index is -1.56. The maximum atomic E-state index is 13.1. The average molecular weight is 1150 g/mol. The van der Waals surface area contributed by atoms with Crippen LogP contribution in [0.4, 0.5) is 0 Å². The SMILES string of the molecule is CC/C=C\C/C=C\C/C=C\C/C=C\C/C=C\C/C=C\C/C=C\C/C=C\CCCCCCCCCCC(=O)NC(COC1OC(CO)C(O)C(O)C1O)C(O)CCCCCCCCCCCCCCCCCCCCCCCCCCCC. The molecule has 0 radical (unpaired) electrons. The lowest BCUT2D eigenvalue weighted by Crippen LogP contribution is -2.60. The smallest absolute Gasteiger partial charge is 0.220 e. The van der Waals surface area contributed by atoms with Gasteiger partial charge in [0, 0.05) is 6.42 Å². The molecule has 0 aromatic rings. The van der Waals surface area contributed by atoms with E-state index in [0.717, 1.165) is 103 Å². The fourth-order valence-electron chi connectivity index (χ4n) is 10.6. The van der Waals surface area contributed by atoms with E-state index < -0.39 is 49.5 Å². The first-order chi connectivity index (χ1) is 40.3. The Balaban J connectivity index is 2.16. The van der Waals surface area contributed by atoms with Crippen LogP contribution in [0.1, 0.15) is 303 Å². The Morgan fingerprint density at radius 2 is 0.756 bits per heavy atom. The number of amides is 1. The lowest BCUT2D eigenvalue weighted by atomic mass is 9.99. The third kappa shape index (κ3) is 49.4. The van der Waals surface area contributed by atoms with Crippen LogP contribution in [0.25, 0.3) is 0 Å². The molecule has 82 heavy (non-hydrogen) atoms. The highest BCUT2D eigenvalue weighted by Gasteiger charge is 2.44. The molecule has 0 bridgehead atoms. The quantitative estimate of drug-likeness (QED) is 0.0261. The summed E-state index contributed by atoms with van der Waals surface area (Å²) in [5, 5.41) is 54.9. The Bertz CT molecular complexity index is 1620. The summed E-state index contributed by atoms with van der Waals surface area (Å²) in [6, 6.07) is -0.732. The second-order valence-electron chi connectivity index (χ2n) is 23.6. The van der Waals surface area contributed by atoms with Gasteiger partial charge in [0.05, 0.1) is 25.4 Å². The van der Waals surface area contributed by atoms with Gasteiger partial charge in [-0.3, -0.25) is 4.79 Å². The second-order valence-corrected chi connectivity index (χ2v) is 23.6. The van der Waals surface area contributed by atoms with Crippen LogP contribution in [0.15, 0.2) is 97.2 Å². The van der Waals surface area contributed by atoms with Crippen molar-refractivity contribution >= 4 is 5.91 Å². The van der Waals surface area contributed by atoms with Crippen molar-refractivity contribution < 1.29 is 39.8 Å². The maximum absolute atomic E-state index is 13.1. The summed E-state index contributed by atoms with van der Waals surface area (Å²) >= 11 is 0. The van der Waals surface area contributed by atoms with Crippen LogP contribution in [0, 0.1) is 0 Å². The number of rotatable bonds is 59. The van der Waals surface area contributed by atoms with Gasteiger partial charge in [-0.1, -0.05) is 317 Å². The molecule has 0 aromatic heterocycles. The Morgan fingerprint density at radius 3 is 1.12 bits per heavy atom. The summed E-state index contributed by atoms with van der Waals surface area (Å²) in [6.07, 6.45) is 81.7. The summed E-state index contributed by atoms with van der Waals surface area (Å²) < 4.78 is 11.4. The fourth-order valence-corrected chi connectivity index (χ4v) is 10.6. The number of aliphatic hydroxyl groups excluding tert-OH is 5. The predicted octanol–water partition coefficient (Wildman–Crippen LogP) is 18.7. The van der Waals surface area contributed by atoms with Gasteiger partial charge in [0.15, 0.2) is 6.29 Å². The highest BCUT2D eigenvalue weighted by Crippen LogP contribution is 2.23. The lowest BCUT2D eigenvalue weighted by molar-refractivity contribution is -0.302. The number of nitrogens with one attached hydrogen (secondary N) is 1. The number of unbranched alkanes of at least 4 members (excludes halogenated alkanes) is 33. The van der Waals surface area contributed by atoms with Crippen molar-refractivity contribution in [1.82, 2.24) is 5.32 Å². The van der Waals surface area contributed by atoms with E-state index in [-0.39, 0.29) is 12.5 Å². The molecular formula is C73H129NO8. The number of allylic oxidation sites excluding steroid dienone is 16. The van der Waals surface area contributed by atoms with Crippen LogP contribution >= 0.6 is 0 Å². The molecule has 1 fully saturated rings. The van der Waals surface area contributed by atoms with Crippen molar-refractivity contribution in [3.8, 4) is 0 Å². The molecule has 9 heteroatoms. The van der Waals surface area contributed by atoms with Crippen molar-refractivity contribution in [2.45, 2.75) is 346 Å². The van der Waals surface area contributed by atoms with Gasteiger partial charge in [-0.25, -0.2) is 0 Å². The van der Waals surface area contributed by atoms with Gasteiger partial charge in [0.1, 0.15) is 24.4 Å². The third-order valence-corrected chi connectivity index (χ3v) is 16.0. The molecule has 1 heterocycles. The molecule has 474 valence electrons. The van der Waals surface area contributed by atoms with E-state index in [1.807, 2.05) is 0 Å². The zero-order valence-corrected chi connectivity index (χ0v) is 53.0. The van der Waals surface area contributed by atoms with E-state index >= 15 is 0 Å². The number of hydrogen-bond acceptors (Lipinski definition) is 8. The second kappa shape index (κ2) is 61.2. The zero-order chi connectivity index (χ0) is 59.3. The molecule has 6 N–H and O–H groups in total. The molecule has 7 unspecified atom stereocenters.